The lowest BCUT2D eigenvalue weighted by Gasteiger charge is -2.35. The Balaban J connectivity index is 2.12. The zero-order valence-electron chi connectivity index (χ0n) is 10.7. The Hall–Kier alpha value is -1.09. The zero-order chi connectivity index (χ0) is 12.3. The van der Waals surface area contributed by atoms with E-state index in [2.05, 4.69) is 24.1 Å². The number of benzene rings is 1. The molecule has 0 amide bonds. The maximum absolute atomic E-state index is 13.7. The number of hydrogen-bond donors (Lipinski definition) is 1. The van der Waals surface area contributed by atoms with Crippen LogP contribution in [0, 0.1) is 5.82 Å². The Kier molecular flexibility index (Phi) is 3.67. The number of anilines is 1. The molecule has 0 unspecified atom stereocenters. The van der Waals surface area contributed by atoms with Crippen LogP contribution in [-0.4, -0.2) is 25.2 Å². The molecule has 2 nitrogen and oxygen atoms in total. The molecular formula is C14H21FN2. The van der Waals surface area contributed by atoms with Gasteiger partial charge in [0.15, 0.2) is 0 Å². The highest BCUT2D eigenvalue weighted by Gasteiger charge is 2.21. The molecule has 2 rings (SSSR count). The molecule has 1 aliphatic rings. The number of nitrogens with zero attached hydrogens (tertiary/aromatic N) is 1. The summed E-state index contributed by atoms with van der Waals surface area (Å²) < 4.78 is 13.7. The first-order valence-electron chi connectivity index (χ1n) is 6.33. The van der Waals surface area contributed by atoms with E-state index in [1.165, 1.54) is 6.07 Å². The van der Waals surface area contributed by atoms with Crippen molar-refractivity contribution in [1.82, 2.24) is 5.32 Å². The topological polar surface area (TPSA) is 15.3 Å². The molecule has 1 saturated heterocycles. The Morgan fingerprint density at radius 3 is 2.76 bits per heavy atom. The third kappa shape index (κ3) is 3.19. The van der Waals surface area contributed by atoms with Gasteiger partial charge in [-0.3, -0.25) is 0 Å². The average Bonchev–Trinajstić information content (AvgIpc) is 2.27. The van der Waals surface area contributed by atoms with E-state index in [1.807, 2.05) is 12.1 Å². The van der Waals surface area contributed by atoms with Crippen LogP contribution >= 0.6 is 0 Å². The quantitative estimate of drug-likeness (QED) is 0.806. The van der Waals surface area contributed by atoms with Gasteiger partial charge in [0.2, 0.25) is 0 Å². The van der Waals surface area contributed by atoms with Crippen LogP contribution in [-0.2, 0) is 0 Å². The van der Waals surface area contributed by atoms with Crippen molar-refractivity contribution in [3.63, 3.8) is 0 Å². The molecule has 0 atom stereocenters. The second-order valence-corrected chi connectivity index (χ2v) is 5.35. The SMILES string of the molecule is CC1(C)CCN(c2ccccc2F)CCCN1. The maximum Gasteiger partial charge on any atom is 0.146 e. The maximum atomic E-state index is 13.7. The number of nitrogens with one attached hydrogen (secondary N) is 1. The smallest absolute Gasteiger partial charge is 0.146 e. The predicted molar refractivity (Wildman–Crippen MR) is 69.9 cm³/mol. The minimum Gasteiger partial charge on any atom is -0.369 e. The molecule has 0 saturated carbocycles. The minimum absolute atomic E-state index is 0.112. The highest BCUT2D eigenvalue weighted by atomic mass is 19.1. The second-order valence-electron chi connectivity index (χ2n) is 5.35. The molecule has 1 aromatic carbocycles. The van der Waals surface area contributed by atoms with Crippen molar-refractivity contribution in [2.75, 3.05) is 24.5 Å². The molecule has 1 aromatic rings. The minimum atomic E-state index is -0.112. The Morgan fingerprint density at radius 1 is 1.24 bits per heavy atom. The summed E-state index contributed by atoms with van der Waals surface area (Å²) in [6, 6.07) is 7.06. The first-order chi connectivity index (χ1) is 8.08. The summed E-state index contributed by atoms with van der Waals surface area (Å²) in [6.07, 6.45) is 2.08. The van der Waals surface area contributed by atoms with E-state index in [4.69, 9.17) is 0 Å². The van der Waals surface area contributed by atoms with Crippen molar-refractivity contribution >= 4 is 5.69 Å². The van der Waals surface area contributed by atoms with Crippen LogP contribution in [0.2, 0.25) is 0 Å². The van der Waals surface area contributed by atoms with E-state index >= 15 is 0 Å². The lowest BCUT2D eigenvalue weighted by molar-refractivity contribution is 0.346. The highest BCUT2D eigenvalue weighted by molar-refractivity contribution is 5.47. The molecular weight excluding hydrogens is 215 g/mol. The molecule has 1 heterocycles. The van der Waals surface area contributed by atoms with Gasteiger partial charge >= 0.3 is 0 Å². The van der Waals surface area contributed by atoms with Crippen molar-refractivity contribution in [2.24, 2.45) is 0 Å². The number of rotatable bonds is 1. The number of halogens is 1. The largest absolute Gasteiger partial charge is 0.369 e. The predicted octanol–water partition coefficient (Wildman–Crippen LogP) is 2.79. The molecule has 0 radical (unpaired) electrons. The van der Waals surface area contributed by atoms with E-state index in [-0.39, 0.29) is 11.4 Å². The summed E-state index contributed by atoms with van der Waals surface area (Å²) in [5, 5.41) is 3.53. The Bertz CT molecular complexity index is 376. The van der Waals surface area contributed by atoms with Gasteiger partial charge in [-0.05, 0) is 45.4 Å². The molecule has 1 aliphatic heterocycles. The van der Waals surface area contributed by atoms with Gasteiger partial charge in [-0.15, -0.1) is 0 Å². The third-order valence-electron chi connectivity index (χ3n) is 3.41. The summed E-state index contributed by atoms with van der Waals surface area (Å²) >= 11 is 0. The van der Waals surface area contributed by atoms with Crippen molar-refractivity contribution in [2.45, 2.75) is 32.2 Å². The van der Waals surface area contributed by atoms with Gasteiger partial charge in [0.05, 0.1) is 5.69 Å². The van der Waals surface area contributed by atoms with Crippen molar-refractivity contribution in [1.29, 1.82) is 0 Å². The molecule has 1 fully saturated rings. The van der Waals surface area contributed by atoms with Crippen molar-refractivity contribution in [3.05, 3.63) is 30.1 Å². The first kappa shape index (κ1) is 12.4. The third-order valence-corrected chi connectivity index (χ3v) is 3.41. The van der Waals surface area contributed by atoms with Gasteiger partial charge in [0, 0.05) is 18.6 Å². The van der Waals surface area contributed by atoms with Gasteiger partial charge in [-0.25, -0.2) is 4.39 Å². The van der Waals surface area contributed by atoms with E-state index in [0.717, 1.165) is 38.2 Å². The molecule has 94 valence electrons. The summed E-state index contributed by atoms with van der Waals surface area (Å²) in [6.45, 7) is 7.23. The second kappa shape index (κ2) is 5.05. The normalized spacial score (nSPS) is 20.8. The summed E-state index contributed by atoms with van der Waals surface area (Å²) in [7, 11) is 0. The summed E-state index contributed by atoms with van der Waals surface area (Å²) in [5.74, 6) is -0.112. The van der Waals surface area contributed by atoms with Crippen molar-refractivity contribution in [3.8, 4) is 0 Å². The number of hydrogen-bond acceptors (Lipinski definition) is 2. The van der Waals surface area contributed by atoms with E-state index in [1.54, 1.807) is 6.07 Å². The van der Waals surface area contributed by atoms with E-state index in [9.17, 15) is 4.39 Å². The fourth-order valence-corrected chi connectivity index (χ4v) is 2.26. The molecule has 3 heteroatoms. The van der Waals surface area contributed by atoms with Gasteiger partial charge in [0.25, 0.3) is 0 Å². The van der Waals surface area contributed by atoms with Crippen LogP contribution in [0.5, 0.6) is 0 Å². The van der Waals surface area contributed by atoms with Gasteiger partial charge in [0.1, 0.15) is 5.82 Å². The lowest BCUT2D eigenvalue weighted by atomic mass is 9.98. The zero-order valence-corrected chi connectivity index (χ0v) is 10.7. The van der Waals surface area contributed by atoms with E-state index < -0.39 is 0 Å². The van der Waals surface area contributed by atoms with Gasteiger partial charge in [-0.1, -0.05) is 12.1 Å². The molecule has 17 heavy (non-hydrogen) atoms. The van der Waals surface area contributed by atoms with Crippen LogP contribution in [0.15, 0.2) is 24.3 Å². The van der Waals surface area contributed by atoms with Crippen LogP contribution in [0.3, 0.4) is 0 Å². The Labute approximate surface area is 103 Å². The van der Waals surface area contributed by atoms with Gasteiger partial charge in [-0.2, -0.15) is 0 Å². The van der Waals surface area contributed by atoms with Crippen LogP contribution < -0.4 is 10.2 Å². The van der Waals surface area contributed by atoms with Crippen LogP contribution in [0.25, 0.3) is 0 Å². The number of para-hydroxylation sites is 1. The average molecular weight is 236 g/mol. The van der Waals surface area contributed by atoms with Gasteiger partial charge < -0.3 is 10.2 Å². The fraction of sp³-hybridized carbons (Fsp3) is 0.571. The summed E-state index contributed by atoms with van der Waals surface area (Å²) in [4.78, 5) is 2.16. The fourth-order valence-electron chi connectivity index (χ4n) is 2.26. The molecule has 0 bridgehead atoms. The van der Waals surface area contributed by atoms with Crippen LogP contribution in [0.4, 0.5) is 10.1 Å². The van der Waals surface area contributed by atoms with Crippen molar-refractivity contribution < 1.29 is 4.39 Å². The summed E-state index contributed by atoms with van der Waals surface area (Å²) in [5.41, 5.74) is 0.884. The lowest BCUT2D eigenvalue weighted by Crippen LogP contribution is -2.46. The molecule has 0 aromatic heterocycles. The highest BCUT2D eigenvalue weighted by Crippen LogP contribution is 2.22. The molecule has 0 spiro atoms. The standard InChI is InChI=1S/C14H21FN2/c1-14(2)8-11-17(10-5-9-16-14)13-7-4-3-6-12(13)15/h3-4,6-7,16H,5,8-11H2,1-2H3. The molecule has 0 aliphatic carbocycles. The van der Waals surface area contributed by atoms with E-state index in [0.29, 0.717) is 0 Å². The first-order valence-corrected chi connectivity index (χ1v) is 6.33. The van der Waals surface area contributed by atoms with Crippen LogP contribution in [0.1, 0.15) is 26.7 Å². The monoisotopic (exact) mass is 236 g/mol. The molecule has 1 N–H and O–H groups in total. The Morgan fingerprint density at radius 2 is 2.00 bits per heavy atom.